The minimum atomic E-state index is -4.34. The van der Waals surface area contributed by atoms with Gasteiger partial charge in [0.1, 0.15) is 0 Å². The van der Waals surface area contributed by atoms with Crippen molar-refractivity contribution in [1.82, 2.24) is 29.3 Å². The molecule has 0 bridgehead atoms. The maximum atomic E-state index is 13.0. The minimum absolute atomic E-state index is 0.00152. The van der Waals surface area contributed by atoms with Gasteiger partial charge >= 0.3 is 6.18 Å². The van der Waals surface area contributed by atoms with Gasteiger partial charge in [0.2, 0.25) is 5.91 Å². The number of nitrogens with zero attached hydrogens (tertiary/aromatic N) is 7. The van der Waals surface area contributed by atoms with E-state index in [4.69, 9.17) is 10.2 Å². The second-order valence-corrected chi connectivity index (χ2v) is 10.6. The average molecular weight is 580 g/mol. The Morgan fingerprint density at radius 1 is 1.00 bits per heavy atom. The number of carbonyl (C=O) groups is 2. The lowest BCUT2D eigenvalue weighted by Crippen LogP contribution is -2.48. The average Bonchev–Trinajstić information content (AvgIpc) is 3.41. The summed E-state index contributed by atoms with van der Waals surface area (Å²) in [6, 6.07) is 13.4. The summed E-state index contributed by atoms with van der Waals surface area (Å²) < 4.78 is 39.2. The Morgan fingerprint density at radius 3 is 2.43 bits per heavy atom. The fraction of sp³-hybridized carbons (Fsp3) is 0.433. The van der Waals surface area contributed by atoms with Crippen molar-refractivity contribution in [3.8, 4) is 6.07 Å². The van der Waals surface area contributed by atoms with Gasteiger partial charge in [-0.1, -0.05) is 18.2 Å². The highest BCUT2D eigenvalue weighted by Crippen LogP contribution is 2.27. The highest BCUT2D eigenvalue weighted by atomic mass is 19.4. The van der Waals surface area contributed by atoms with Crippen LogP contribution in [-0.4, -0.2) is 93.1 Å². The minimum Gasteiger partial charge on any atom is -0.339 e. The number of pyridine rings is 1. The van der Waals surface area contributed by atoms with Gasteiger partial charge in [-0.05, 0) is 41.8 Å². The van der Waals surface area contributed by atoms with Crippen molar-refractivity contribution in [2.45, 2.75) is 38.3 Å². The smallest absolute Gasteiger partial charge is 0.339 e. The van der Waals surface area contributed by atoms with Gasteiger partial charge in [-0.2, -0.15) is 23.5 Å². The van der Waals surface area contributed by atoms with Crippen molar-refractivity contribution < 1.29 is 22.8 Å². The van der Waals surface area contributed by atoms with Crippen molar-refractivity contribution >= 4 is 23.0 Å². The van der Waals surface area contributed by atoms with Crippen molar-refractivity contribution in [2.24, 2.45) is 0 Å². The maximum Gasteiger partial charge on any atom is 0.389 e. The summed E-state index contributed by atoms with van der Waals surface area (Å²) in [4.78, 5) is 35.4. The van der Waals surface area contributed by atoms with E-state index in [1.807, 2.05) is 53.6 Å². The van der Waals surface area contributed by atoms with Crippen LogP contribution in [0, 0.1) is 11.3 Å². The zero-order valence-electron chi connectivity index (χ0n) is 23.2. The second-order valence-electron chi connectivity index (χ2n) is 10.6. The monoisotopic (exact) mass is 579 g/mol. The number of amides is 2. The third-order valence-electron chi connectivity index (χ3n) is 7.70. The number of carbonyl (C=O) groups excluding carboxylic acids is 2. The standard InChI is InChI=1S/C30H32F3N7O2/c31-30(32,33)11-8-27(41)38-15-9-23(10-16-38)25-3-1-14-40-28(25)35-26(36-40)21-22-4-6-24(7-5-22)29(42)39-19-17-37(18-20-39)13-2-12-34/h1,3-7,9,14H,2,8,10-11,13,15-21H2. The van der Waals surface area contributed by atoms with Crippen LogP contribution < -0.4 is 0 Å². The maximum absolute atomic E-state index is 13.0. The van der Waals surface area contributed by atoms with Gasteiger partial charge < -0.3 is 9.80 Å². The van der Waals surface area contributed by atoms with Crippen LogP contribution >= 0.6 is 0 Å². The second kappa shape index (κ2) is 12.7. The summed E-state index contributed by atoms with van der Waals surface area (Å²) in [5.74, 6) is 0.127. The fourth-order valence-corrected chi connectivity index (χ4v) is 5.34. The Morgan fingerprint density at radius 2 is 1.76 bits per heavy atom. The van der Waals surface area contributed by atoms with E-state index < -0.39 is 24.9 Å². The van der Waals surface area contributed by atoms with Crippen LogP contribution in [0.1, 0.15) is 53.0 Å². The molecule has 1 fully saturated rings. The van der Waals surface area contributed by atoms with Crippen LogP contribution in [-0.2, 0) is 11.2 Å². The quantitative estimate of drug-likeness (QED) is 0.401. The molecule has 0 atom stereocenters. The summed E-state index contributed by atoms with van der Waals surface area (Å²) in [7, 11) is 0. The summed E-state index contributed by atoms with van der Waals surface area (Å²) in [5, 5.41) is 13.4. The predicted molar refractivity (Wildman–Crippen MR) is 149 cm³/mol. The molecule has 2 aliphatic rings. The molecule has 3 aromatic rings. The van der Waals surface area contributed by atoms with Crippen LogP contribution in [0.5, 0.6) is 0 Å². The van der Waals surface area contributed by atoms with Gasteiger partial charge in [-0.15, -0.1) is 0 Å². The van der Waals surface area contributed by atoms with Gasteiger partial charge in [0, 0.05) is 82.4 Å². The number of nitriles is 1. The van der Waals surface area contributed by atoms with E-state index in [1.165, 1.54) is 4.90 Å². The topological polar surface area (TPSA) is 97.8 Å². The molecule has 0 aliphatic carbocycles. The van der Waals surface area contributed by atoms with Gasteiger partial charge in [0.05, 0.1) is 12.5 Å². The first-order valence-electron chi connectivity index (χ1n) is 14.1. The van der Waals surface area contributed by atoms with Crippen LogP contribution in [0.15, 0.2) is 48.7 Å². The van der Waals surface area contributed by atoms with Crippen LogP contribution in [0.3, 0.4) is 0 Å². The molecule has 0 unspecified atom stereocenters. The Kier molecular flexibility index (Phi) is 8.87. The molecule has 2 amide bonds. The Balaban J connectivity index is 1.20. The molecular weight excluding hydrogens is 547 g/mol. The number of benzene rings is 1. The largest absolute Gasteiger partial charge is 0.389 e. The number of rotatable bonds is 8. The molecule has 9 nitrogen and oxygen atoms in total. The predicted octanol–water partition coefficient (Wildman–Crippen LogP) is 3.95. The summed E-state index contributed by atoms with van der Waals surface area (Å²) in [6.45, 7) is 4.16. The number of hydrogen-bond donors (Lipinski definition) is 0. The van der Waals surface area contributed by atoms with Gasteiger partial charge in [0.25, 0.3) is 5.91 Å². The van der Waals surface area contributed by atoms with Crippen molar-refractivity contribution in [3.05, 3.63) is 71.2 Å². The number of alkyl halides is 3. The van der Waals surface area contributed by atoms with Gasteiger partial charge in [-0.3, -0.25) is 14.5 Å². The lowest BCUT2D eigenvalue weighted by atomic mass is 10.00. The molecule has 1 aromatic carbocycles. The van der Waals surface area contributed by atoms with E-state index in [1.54, 1.807) is 4.52 Å². The van der Waals surface area contributed by atoms with Crippen molar-refractivity contribution in [3.63, 3.8) is 0 Å². The molecule has 0 radical (unpaired) electrons. The van der Waals surface area contributed by atoms with E-state index in [0.29, 0.717) is 55.9 Å². The lowest BCUT2D eigenvalue weighted by Gasteiger charge is -2.34. The first-order chi connectivity index (χ1) is 20.2. The Bertz CT molecular complexity index is 1500. The molecule has 4 heterocycles. The molecular formula is C30H32F3N7O2. The Hall–Kier alpha value is -4.24. The molecule has 220 valence electrons. The summed E-state index contributed by atoms with van der Waals surface area (Å²) >= 11 is 0. The first-order valence-corrected chi connectivity index (χ1v) is 14.1. The van der Waals surface area contributed by atoms with E-state index in [0.717, 1.165) is 36.3 Å². The van der Waals surface area contributed by atoms with E-state index >= 15 is 0 Å². The van der Waals surface area contributed by atoms with Crippen LogP contribution in [0.2, 0.25) is 0 Å². The zero-order valence-corrected chi connectivity index (χ0v) is 23.2. The van der Waals surface area contributed by atoms with E-state index in [-0.39, 0.29) is 12.5 Å². The molecule has 12 heteroatoms. The molecule has 1 saturated heterocycles. The normalized spacial score (nSPS) is 16.4. The third kappa shape index (κ3) is 7.15. The SMILES string of the molecule is N#CCCN1CCN(C(=O)c2ccc(Cc3nc4c(C5=CCN(C(=O)CCC(F)(F)F)CC5)cccn4n3)cc2)CC1. The van der Waals surface area contributed by atoms with Crippen molar-refractivity contribution in [2.75, 3.05) is 45.8 Å². The number of aromatic nitrogens is 3. The fourth-order valence-electron chi connectivity index (χ4n) is 5.34. The lowest BCUT2D eigenvalue weighted by molar-refractivity contribution is -0.148. The van der Waals surface area contributed by atoms with Gasteiger partial charge in [-0.25, -0.2) is 9.50 Å². The third-order valence-corrected chi connectivity index (χ3v) is 7.70. The number of hydrogen-bond acceptors (Lipinski definition) is 6. The molecule has 2 aliphatic heterocycles. The highest BCUT2D eigenvalue weighted by Gasteiger charge is 2.30. The molecule has 42 heavy (non-hydrogen) atoms. The molecule has 0 N–H and O–H groups in total. The van der Waals surface area contributed by atoms with Gasteiger partial charge in [0.15, 0.2) is 11.5 Å². The van der Waals surface area contributed by atoms with Crippen molar-refractivity contribution in [1.29, 1.82) is 5.26 Å². The summed E-state index contributed by atoms with van der Waals surface area (Å²) in [6.07, 6.45) is -0.809. The molecule has 2 aromatic heterocycles. The number of piperazine rings is 1. The Labute approximate surface area is 241 Å². The number of halogens is 3. The van der Waals surface area contributed by atoms with E-state index in [9.17, 15) is 22.8 Å². The highest BCUT2D eigenvalue weighted by molar-refractivity contribution is 5.94. The molecule has 0 saturated carbocycles. The van der Waals surface area contributed by atoms with Crippen LogP contribution in [0.25, 0.3) is 11.2 Å². The number of fused-ring (bicyclic) bond motifs is 1. The molecule has 5 rings (SSSR count). The zero-order chi connectivity index (χ0) is 29.7. The molecule has 0 spiro atoms. The first kappa shape index (κ1) is 29.3. The van der Waals surface area contributed by atoms with Crippen LogP contribution in [0.4, 0.5) is 13.2 Å². The summed E-state index contributed by atoms with van der Waals surface area (Å²) in [5.41, 5.74) is 4.14. The van der Waals surface area contributed by atoms with E-state index in [2.05, 4.69) is 16.1 Å².